The molecule has 126 valence electrons. The number of hydrogen-bond donors (Lipinski definition) is 1. The summed E-state index contributed by atoms with van der Waals surface area (Å²) in [6.45, 7) is 0.569. The van der Waals surface area contributed by atoms with Gasteiger partial charge in [-0.1, -0.05) is 36.4 Å². The Bertz CT molecular complexity index is 717. The molecule has 1 aliphatic rings. The van der Waals surface area contributed by atoms with Gasteiger partial charge < -0.3 is 5.32 Å². The van der Waals surface area contributed by atoms with E-state index in [1.807, 2.05) is 20.2 Å². The summed E-state index contributed by atoms with van der Waals surface area (Å²) in [6, 6.07) is 16.7. The van der Waals surface area contributed by atoms with Gasteiger partial charge >= 0.3 is 0 Å². The summed E-state index contributed by atoms with van der Waals surface area (Å²) in [5, 5.41) is 3.16. The molecule has 0 bridgehead atoms. The SMILES string of the molecule is CSc1cccc(CNC(=O)C2(N(C)C)Cc3ccccc3C2)c1. The van der Waals surface area contributed by atoms with E-state index in [2.05, 4.69) is 58.9 Å². The number of carbonyl (C=O) groups excluding carboxylic acids is 1. The van der Waals surface area contributed by atoms with Crippen LogP contribution in [0, 0.1) is 0 Å². The van der Waals surface area contributed by atoms with Crippen molar-refractivity contribution >= 4 is 17.7 Å². The first-order valence-corrected chi connectivity index (χ1v) is 9.43. The van der Waals surface area contributed by atoms with Crippen LogP contribution in [0.5, 0.6) is 0 Å². The number of nitrogens with one attached hydrogen (secondary N) is 1. The summed E-state index contributed by atoms with van der Waals surface area (Å²) in [4.78, 5) is 16.3. The molecule has 0 radical (unpaired) electrons. The van der Waals surface area contributed by atoms with E-state index in [0.29, 0.717) is 6.54 Å². The van der Waals surface area contributed by atoms with Crippen LogP contribution in [0.1, 0.15) is 16.7 Å². The predicted molar refractivity (Wildman–Crippen MR) is 100 cm³/mol. The van der Waals surface area contributed by atoms with Crippen LogP contribution in [0.4, 0.5) is 0 Å². The second kappa shape index (κ2) is 6.99. The van der Waals surface area contributed by atoms with Gasteiger partial charge in [-0.05, 0) is 49.2 Å². The van der Waals surface area contributed by atoms with E-state index in [4.69, 9.17) is 0 Å². The standard InChI is InChI=1S/C20H24N2OS/c1-22(2)20(12-16-8-4-5-9-17(16)13-20)19(23)21-14-15-7-6-10-18(11-15)24-3/h4-11H,12-14H2,1-3H3,(H,21,23). The molecule has 0 atom stereocenters. The topological polar surface area (TPSA) is 32.3 Å². The van der Waals surface area contributed by atoms with Crippen LogP contribution in [0.3, 0.4) is 0 Å². The Morgan fingerprint density at radius 1 is 1.12 bits per heavy atom. The van der Waals surface area contributed by atoms with Gasteiger partial charge in [0.1, 0.15) is 5.54 Å². The first-order valence-electron chi connectivity index (χ1n) is 8.20. The maximum Gasteiger partial charge on any atom is 0.241 e. The molecule has 0 saturated heterocycles. The zero-order valence-corrected chi connectivity index (χ0v) is 15.3. The number of benzene rings is 2. The Morgan fingerprint density at radius 3 is 2.38 bits per heavy atom. The third kappa shape index (κ3) is 3.21. The minimum atomic E-state index is -0.485. The molecular formula is C20H24N2OS. The van der Waals surface area contributed by atoms with Gasteiger partial charge in [-0.25, -0.2) is 0 Å². The first kappa shape index (κ1) is 17.1. The van der Waals surface area contributed by atoms with E-state index in [9.17, 15) is 4.79 Å². The van der Waals surface area contributed by atoms with E-state index < -0.39 is 5.54 Å². The molecular weight excluding hydrogens is 316 g/mol. The van der Waals surface area contributed by atoms with E-state index >= 15 is 0 Å². The Balaban J connectivity index is 1.75. The summed E-state index contributed by atoms with van der Waals surface area (Å²) < 4.78 is 0. The second-order valence-corrected chi connectivity index (χ2v) is 7.46. The molecule has 2 aromatic carbocycles. The van der Waals surface area contributed by atoms with Gasteiger partial charge in [0.05, 0.1) is 0 Å². The van der Waals surface area contributed by atoms with Crippen molar-refractivity contribution in [2.45, 2.75) is 29.8 Å². The monoisotopic (exact) mass is 340 g/mol. The van der Waals surface area contributed by atoms with Crippen LogP contribution in [-0.2, 0) is 24.2 Å². The van der Waals surface area contributed by atoms with Gasteiger partial charge in [-0.2, -0.15) is 0 Å². The third-order valence-corrected chi connectivity index (χ3v) is 5.68. The quantitative estimate of drug-likeness (QED) is 0.849. The fraction of sp³-hybridized carbons (Fsp3) is 0.350. The largest absolute Gasteiger partial charge is 0.350 e. The average Bonchev–Trinajstić information content (AvgIpc) is 3.01. The molecule has 0 fully saturated rings. The number of nitrogens with zero attached hydrogens (tertiary/aromatic N) is 1. The molecule has 1 amide bonds. The van der Waals surface area contributed by atoms with Gasteiger partial charge in [0.25, 0.3) is 0 Å². The first-order chi connectivity index (χ1) is 11.5. The number of likely N-dealkylation sites (N-methyl/N-ethyl adjacent to an activating group) is 1. The molecule has 4 heteroatoms. The van der Waals surface area contributed by atoms with Crippen LogP contribution in [0.2, 0.25) is 0 Å². The molecule has 0 heterocycles. The number of amides is 1. The van der Waals surface area contributed by atoms with Crippen molar-refractivity contribution in [2.75, 3.05) is 20.4 Å². The summed E-state index contributed by atoms with van der Waals surface area (Å²) >= 11 is 1.72. The molecule has 0 unspecified atom stereocenters. The molecule has 0 saturated carbocycles. The highest BCUT2D eigenvalue weighted by Gasteiger charge is 2.45. The molecule has 1 N–H and O–H groups in total. The molecule has 3 nitrogen and oxygen atoms in total. The Kier molecular flexibility index (Phi) is 4.97. The fourth-order valence-electron chi connectivity index (χ4n) is 3.40. The van der Waals surface area contributed by atoms with E-state index in [0.717, 1.165) is 18.4 Å². The lowest BCUT2D eigenvalue weighted by atomic mass is 9.92. The fourth-order valence-corrected chi connectivity index (χ4v) is 3.89. The van der Waals surface area contributed by atoms with Crippen LogP contribution in [0.25, 0.3) is 0 Å². The van der Waals surface area contributed by atoms with Crippen molar-refractivity contribution in [1.82, 2.24) is 10.2 Å². The lowest BCUT2D eigenvalue weighted by molar-refractivity contribution is -0.131. The van der Waals surface area contributed by atoms with Crippen LogP contribution in [0.15, 0.2) is 53.4 Å². The Hall–Kier alpha value is -1.78. The molecule has 3 rings (SSSR count). The summed E-state index contributed by atoms with van der Waals surface area (Å²) in [5.74, 6) is 0.109. The summed E-state index contributed by atoms with van der Waals surface area (Å²) in [6.07, 6.45) is 3.61. The minimum absolute atomic E-state index is 0.109. The van der Waals surface area contributed by atoms with E-state index in [1.54, 1.807) is 11.8 Å². The molecule has 0 aliphatic heterocycles. The van der Waals surface area contributed by atoms with Crippen molar-refractivity contribution in [3.63, 3.8) is 0 Å². The lowest BCUT2D eigenvalue weighted by Crippen LogP contribution is -2.56. The lowest BCUT2D eigenvalue weighted by Gasteiger charge is -2.34. The number of hydrogen-bond acceptors (Lipinski definition) is 3. The van der Waals surface area contributed by atoms with Crippen LogP contribution < -0.4 is 5.32 Å². The normalized spacial score (nSPS) is 15.3. The van der Waals surface area contributed by atoms with E-state index in [-0.39, 0.29) is 5.91 Å². The highest BCUT2D eigenvalue weighted by atomic mass is 32.2. The zero-order valence-electron chi connectivity index (χ0n) is 14.5. The maximum atomic E-state index is 13.0. The highest BCUT2D eigenvalue weighted by Crippen LogP contribution is 2.33. The van der Waals surface area contributed by atoms with Crippen LogP contribution in [-0.4, -0.2) is 36.7 Å². The Morgan fingerprint density at radius 2 is 1.79 bits per heavy atom. The zero-order chi connectivity index (χ0) is 17.2. The molecule has 0 aromatic heterocycles. The van der Waals surface area contributed by atoms with Gasteiger partial charge in [-0.15, -0.1) is 11.8 Å². The minimum Gasteiger partial charge on any atom is -0.350 e. The highest BCUT2D eigenvalue weighted by molar-refractivity contribution is 7.98. The number of fused-ring (bicyclic) bond motifs is 1. The van der Waals surface area contributed by atoms with Crippen molar-refractivity contribution in [1.29, 1.82) is 0 Å². The van der Waals surface area contributed by atoms with Crippen molar-refractivity contribution in [2.24, 2.45) is 0 Å². The van der Waals surface area contributed by atoms with Crippen molar-refractivity contribution < 1.29 is 4.79 Å². The molecule has 0 spiro atoms. The van der Waals surface area contributed by atoms with Crippen LogP contribution >= 0.6 is 11.8 Å². The Labute approximate surface area is 148 Å². The van der Waals surface area contributed by atoms with Gasteiger partial charge in [0.15, 0.2) is 0 Å². The smallest absolute Gasteiger partial charge is 0.241 e. The molecule has 1 aliphatic carbocycles. The maximum absolute atomic E-state index is 13.0. The van der Waals surface area contributed by atoms with Gasteiger partial charge in [0, 0.05) is 24.3 Å². The summed E-state index contributed by atoms with van der Waals surface area (Å²) in [7, 11) is 4.00. The summed E-state index contributed by atoms with van der Waals surface area (Å²) in [5.41, 5.74) is 3.22. The van der Waals surface area contributed by atoms with Crippen molar-refractivity contribution in [3.05, 3.63) is 65.2 Å². The van der Waals surface area contributed by atoms with Crippen molar-refractivity contribution in [3.8, 4) is 0 Å². The number of rotatable bonds is 5. The van der Waals surface area contributed by atoms with Gasteiger partial charge in [0.2, 0.25) is 5.91 Å². The van der Waals surface area contributed by atoms with Gasteiger partial charge in [-0.3, -0.25) is 9.69 Å². The molecule has 2 aromatic rings. The third-order valence-electron chi connectivity index (χ3n) is 4.95. The predicted octanol–water partition coefficient (Wildman–Crippen LogP) is 3.12. The second-order valence-electron chi connectivity index (χ2n) is 6.58. The molecule has 24 heavy (non-hydrogen) atoms. The average molecular weight is 340 g/mol. The number of carbonyl (C=O) groups is 1. The number of thioether (sulfide) groups is 1. The van der Waals surface area contributed by atoms with E-state index in [1.165, 1.54) is 16.0 Å².